The fourth-order valence-electron chi connectivity index (χ4n) is 2.78. The molecule has 2 fully saturated rings. The SMILES string of the molecule is Cc1cc(N2C(=O)[C@@H]3C[C@@H](Br)[C@@H](Br)C[C@H]3C2=O)no1. The second kappa shape index (κ2) is 4.70. The van der Waals surface area contributed by atoms with Crippen LogP contribution in [0.2, 0.25) is 0 Å². The maximum absolute atomic E-state index is 12.4. The zero-order chi connectivity index (χ0) is 13.7. The molecule has 3 rings (SSSR count). The molecule has 0 N–H and O–H groups in total. The molecule has 4 atom stereocenters. The average molecular weight is 392 g/mol. The van der Waals surface area contributed by atoms with E-state index in [4.69, 9.17) is 4.52 Å². The summed E-state index contributed by atoms with van der Waals surface area (Å²) in [6.07, 6.45) is 1.33. The van der Waals surface area contributed by atoms with Crippen LogP contribution in [0.15, 0.2) is 10.6 Å². The highest BCUT2D eigenvalue weighted by atomic mass is 79.9. The minimum atomic E-state index is -0.248. The van der Waals surface area contributed by atoms with E-state index in [0.29, 0.717) is 24.4 Å². The van der Waals surface area contributed by atoms with E-state index in [2.05, 4.69) is 37.0 Å². The average Bonchev–Trinajstić information content (AvgIpc) is 2.86. The molecule has 0 radical (unpaired) electrons. The molecule has 1 saturated carbocycles. The summed E-state index contributed by atoms with van der Waals surface area (Å²) in [5, 5.41) is 3.78. The minimum Gasteiger partial charge on any atom is -0.360 e. The van der Waals surface area contributed by atoms with Gasteiger partial charge in [-0.3, -0.25) is 9.59 Å². The largest absolute Gasteiger partial charge is 0.360 e. The highest BCUT2D eigenvalue weighted by molar-refractivity contribution is 9.12. The number of imide groups is 1. The topological polar surface area (TPSA) is 63.4 Å². The first-order chi connectivity index (χ1) is 8.99. The number of anilines is 1. The molecule has 1 aromatic heterocycles. The summed E-state index contributed by atoms with van der Waals surface area (Å²) in [4.78, 5) is 26.4. The summed E-state index contributed by atoms with van der Waals surface area (Å²) in [5.41, 5.74) is 0. The Morgan fingerprint density at radius 3 is 2.16 bits per heavy atom. The maximum atomic E-state index is 12.4. The van der Waals surface area contributed by atoms with Crippen LogP contribution < -0.4 is 4.90 Å². The van der Waals surface area contributed by atoms with Crippen molar-refractivity contribution in [2.75, 3.05) is 4.90 Å². The number of fused-ring (bicyclic) bond motifs is 1. The highest BCUT2D eigenvalue weighted by Gasteiger charge is 2.53. The first-order valence-electron chi connectivity index (χ1n) is 6.08. The zero-order valence-electron chi connectivity index (χ0n) is 10.2. The van der Waals surface area contributed by atoms with E-state index in [-0.39, 0.29) is 33.3 Å². The monoisotopic (exact) mass is 390 g/mol. The van der Waals surface area contributed by atoms with Gasteiger partial charge in [-0.05, 0) is 19.8 Å². The quantitative estimate of drug-likeness (QED) is 0.544. The molecule has 2 aliphatic rings. The predicted molar refractivity (Wildman–Crippen MR) is 75.4 cm³/mol. The lowest BCUT2D eigenvalue weighted by Gasteiger charge is -2.29. The van der Waals surface area contributed by atoms with Crippen LogP contribution in [0.5, 0.6) is 0 Å². The van der Waals surface area contributed by atoms with Crippen LogP contribution in [-0.2, 0) is 9.59 Å². The normalized spacial score (nSPS) is 34.8. The van der Waals surface area contributed by atoms with Crippen LogP contribution in [0.1, 0.15) is 18.6 Å². The number of aryl methyl sites for hydroxylation is 1. The molecular formula is C12H12Br2N2O3. The second-order valence-corrected chi connectivity index (χ2v) is 7.38. The molecule has 102 valence electrons. The Balaban J connectivity index is 1.93. The van der Waals surface area contributed by atoms with Gasteiger partial charge in [0.25, 0.3) is 0 Å². The van der Waals surface area contributed by atoms with Gasteiger partial charge in [0, 0.05) is 15.7 Å². The molecule has 5 nitrogen and oxygen atoms in total. The van der Waals surface area contributed by atoms with E-state index in [0.717, 1.165) is 0 Å². The summed E-state index contributed by atoms with van der Waals surface area (Å²) < 4.78 is 4.95. The van der Waals surface area contributed by atoms with Crippen molar-refractivity contribution in [1.29, 1.82) is 0 Å². The van der Waals surface area contributed by atoms with Gasteiger partial charge < -0.3 is 4.52 Å². The fourth-order valence-corrected chi connectivity index (χ4v) is 4.02. The van der Waals surface area contributed by atoms with Gasteiger partial charge in [-0.2, -0.15) is 0 Å². The molecule has 2 amide bonds. The van der Waals surface area contributed by atoms with Gasteiger partial charge in [0.2, 0.25) is 11.8 Å². The Morgan fingerprint density at radius 1 is 1.21 bits per heavy atom. The van der Waals surface area contributed by atoms with Gasteiger partial charge in [0.05, 0.1) is 11.8 Å². The predicted octanol–water partition coefficient (Wildman–Crippen LogP) is 2.41. The standard InChI is InChI=1S/C12H12Br2N2O3/c1-5-2-10(15-19-5)16-11(17)6-3-8(13)9(14)4-7(6)12(16)18/h2,6-9H,3-4H2,1H3/t6-,7-,8-,9+/m1/s1. The smallest absolute Gasteiger partial charge is 0.239 e. The lowest BCUT2D eigenvalue weighted by atomic mass is 9.81. The molecule has 19 heavy (non-hydrogen) atoms. The summed E-state index contributed by atoms with van der Waals surface area (Å²) >= 11 is 7.11. The molecule has 1 aromatic rings. The van der Waals surface area contributed by atoms with E-state index in [9.17, 15) is 9.59 Å². The van der Waals surface area contributed by atoms with E-state index >= 15 is 0 Å². The van der Waals surface area contributed by atoms with Crippen LogP contribution in [0.3, 0.4) is 0 Å². The van der Waals surface area contributed by atoms with Gasteiger partial charge >= 0.3 is 0 Å². The number of carbonyl (C=O) groups excluding carboxylic acids is 2. The Labute approximate surface area is 126 Å². The van der Waals surface area contributed by atoms with Crippen LogP contribution in [-0.4, -0.2) is 26.6 Å². The molecule has 2 heterocycles. The lowest BCUT2D eigenvalue weighted by molar-refractivity contribution is -0.122. The van der Waals surface area contributed by atoms with Gasteiger partial charge in [-0.15, -0.1) is 0 Å². The van der Waals surface area contributed by atoms with Gasteiger partial charge in [0.15, 0.2) is 5.82 Å². The third kappa shape index (κ3) is 2.07. The van der Waals surface area contributed by atoms with Crippen LogP contribution >= 0.6 is 31.9 Å². The van der Waals surface area contributed by atoms with Gasteiger partial charge in [-0.1, -0.05) is 37.0 Å². The Bertz CT molecular complexity index is 517. The maximum Gasteiger partial charge on any atom is 0.239 e. The van der Waals surface area contributed by atoms with Crippen LogP contribution in [0.25, 0.3) is 0 Å². The number of nitrogens with zero attached hydrogens (tertiary/aromatic N) is 2. The number of alkyl halides is 2. The van der Waals surface area contributed by atoms with Crippen molar-refractivity contribution in [3.05, 3.63) is 11.8 Å². The van der Waals surface area contributed by atoms with Crippen LogP contribution in [0.4, 0.5) is 5.82 Å². The highest BCUT2D eigenvalue weighted by Crippen LogP contribution is 2.44. The number of hydrogen-bond donors (Lipinski definition) is 0. The minimum absolute atomic E-state index is 0.160. The molecule has 0 bridgehead atoms. The fraction of sp³-hybridized carbons (Fsp3) is 0.583. The molecule has 7 heteroatoms. The second-order valence-electron chi connectivity index (χ2n) is 5.02. The summed E-state index contributed by atoms with van der Waals surface area (Å²) in [7, 11) is 0. The molecule has 1 saturated heterocycles. The van der Waals surface area contributed by atoms with Crippen molar-refractivity contribution < 1.29 is 14.1 Å². The van der Waals surface area contributed by atoms with E-state index in [1.165, 1.54) is 4.90 Å². The van der Waals surface area contributed by atoms with Crippen molar-refractivity contribution in [2.45, 2.75) is 29.4 Å². The third-order valence-electron chi connectivity index (χ3n) is 3.76. The molecular weight excluding hydrogens is 380 g/mol. The van der Waals surface area contributed by atoms with Crippen molar-refractivity contribution in [3.8, 4) is 0 Å². The molecule has 0 aromatic carbocycles. The van der Waals surface area contributed by atoms with Crippen LogP contribution in [0, 0.1) is 18.8 Å². The van der Waals surface area contributed by atoms with Crippen molar-refractivity contribution >= 4 is 49.5 Å². The van der Waals surface area contributed by atoms with Crippen molar-refractivity contribution in [2.24, 2.45) is 11.8 Å². The number of carbonyl (C=O) groups is 2. The number of amides is 2. The molecule has 1 aliphatic carbocycles. The van der Waals surface area contributed by atoms with E-state index in [1.54, 1.807) is 13.0 Å². The first kappa shape index (κ1) is 13.3. The van der Waals surface area contributed by atoms with Gasteiger partial charge in [-0.25, -0.2) is 4.90 Å². The van der Waals surface area contributed by atoms with E-state index in [1.807, 2.05) is 0 Å². The number of halogens is 2. The zero-order valence-corrected chi connectivity index (χ0v) is 13.3. The summed E-state index contributed by atoms with van der Waals surface area (Å²) in [5.74, 6) is 0.0750. The molecule has 1 aliphatic heterocycles. The Morgan fingerprint density at radius 2 is 1.74 bits per heavy atom. The number of rotatable bonds is 1. The first-order valence-corrected chi connectivity index (χ1v) is 7.91. The summed E-state index contributed by atoms with van der Waals surface area (Å²) in [6, 6.07) is 1.62. The number of aromatic nitrogens is 1. The molecule has 0 spiro atoms. The lowest BCUT2D eigenvalue weighted by Crippen LogP contribution is -2.34. The molecule has 0 unspecified atom stereocenters. The van der Waals surface area contributed by atoms with E-state index < -0.39 is 0 Å². The Kier molecular flexibility index (Phi) is 3.29. The third-order valence-corrected chi connectivity index (χ3v) is 6.49. The number of hydrogen-bond acceptors (Lipinski definition) is 4. The van der Waals surface area contributed by atoms with Crippen molar-refractivity contribution in [3.63, 3.8) is 0 Å². The summed E-state index contributed by atoms with van der Waals surface area (Å²) in [6.45, 7) is 1.73. The Hall–Kier alpha value is -0.690. The van der Waals surface area contributed by atoms with Crippen molar-refractivity contribution in [1.82, 2.24) is 5.16 Å². The van der Waals surface area contributed by atoms with Gasteiger partial charge in [0.1, 0.15) is 5.76 Å².